The van der Waals surface area contributed by atoms with Gasteiger partial charge in [0.2, 0.25) is 0 Å². The number of aryl methyl sites for hydroxylation is 1. The van der Waals surface area contributed by atoms with E-state index in [1.165, 1.54) is 17.5 Å². The highest BCUT2D eigenvalue weighted by atomic mass is 35.5. The van der Waals surface area contributed by atoms with Crippen LogP contribution in [0.5, 0.6) is 0 Å². The van der Waals surface area contributed by atoms with E-state index < -0.39 is 0 Å². The smallest absolute Gasteiger partial charge is 0.0712 e. The van der Waals surface area contributed by atoms with Crippen LogP contribution in [-0.4, -0.2) is 24.5 Å². The lowest BCUT2D eigenvalue weighted by molar-refractivity contribution is 0.219. The Bertz CT molecular complexity index is 373. The van der Waals surface area contributed by atoms with E-state index in [0.717, 1.165) is 26.1 Å². The van der Waals surface area contributed by atoms with Gasteiger partial charge in [-0.05, 0) is 29.4 Å². The summed E-state index contributed by atoms with van der Waals surface area (Å²) < 4.78 is 0. The van der Waals surface area contributed by atoms with Crippen LogP contribution in [0.2, 0.25) is 0 Å². The standard InChI is InChI=1S/C19H32ClN/c1-6-7-17-8-10-18(11-9-17)19(20)14-21(12-15(2)3)13-16(4)5/h8-11,15-16,19H,6-7,12-14H2,1-5H3. The molecule has 0 radical (unpaired) electrons. The van der Waals surface area contributed by atoms with Gasteiger partial charge in [0.1, 0.15) is 0 Å². The van der Waals surface area contributed by atoms with Crippen molar-refractivity contribution in [1.29, 1.82) is 0 Å². The normalized spacial score (nSPS) is 13.4. The van der Waals surface area contributed by atoms with Crippen molar-refractivity contribution in [2.75, 3.05) is 19.6 Å². The largest absolute Gasteiger partial charge is 0.301 e. The minimum Gasteiger partial charge on any atom is -0.301 e. The Morgan fingerprint density at radius 3 is 1.86 bits per heavy atom. The fourth-order valence-corrected chi connectivity index (χ4v) is 3.11. The van der Waals surface area contributed by atoms with Crippen LogP contribution in [0.25, 0.3) is 0 Å². The van der Waals surface area contributed by atoms with E-state index in [4.69, 9.17) is 11.6 Å². The zero-order chi connectivity index (χ0) is 15.8. The van der Waals surface area contributed by atoms with Crippen LogP contribution in [0.1, 0.15) is 57.5 Å². The molecule has 0 N–H and O–H groups in total. The Balaban J connectivity index is 2.64. The van der Waals surface area contributed by atoms with Crippen molar-refractivity contribution >= 4 is 11.6 Å². The molecule has 0 aliphatic rings. The highest BCUT2D eigenvalue weighted by molar-refractivity contribution is 6.21. The van der Waals surface area contributed by atoms with Crippen LogP contribution >= 0.6 is 11.6 Å². The summed E-state index contributed by atoms with van der Waals surface area (Å²) in [4.78, 5) is 2.51. The van der Waals surface area contributed by atoms with Gasteiger partial charge >= 0.3 is 0 Å². The predicted octanol–water partition coefficient (Wildman–Crippen LogP) is 5.53. The molecular formula is C19H32ClN. The third-order valence-electron chi connectivity index (χ3n) is 3.55. The third-order valence-corrected chi connectivity index (χ3v) is 3.94. The molecule has 0 spiro atoms. The van der Waals surface area contributed by atoms with Crippen LogP contribution in [0.3, 0.4) is 0 Å². The van der Waals surface area contributed by atoms with Crippen LogP contribution in [0, 0.1) is 11.8 Å². The summed E-state index contributed by atoms with van der Waals surface area (Å²) >= 11 is 6.66. The topological polar surface area (TPSA) is 3.24 Å². The van der Waals surface area contributed by atoms with Gasteiger partial charge in [-0.2, -0.15) is 0 Å². The summed E-state index contributed by atoms with van der Waals surface area (Å²) in [6.45, 7) is 14.5. The second-order valence-electron chi connectivity index (χ2n) is 6.97. The first-order valence-corrected chi connectivity index (χ1v) is 8.81. The lowest BCUT2D eigenvalue weighted by atomic mass is 10.0. The van der Waals surface area contributed by atoms with Gasteiger partial charge < -0.3 is 4.90 Å². The molecule has 0 amide bonds. The van der Waals surface area contributed by atoms with Crippen LogP contribution in [-0.2, 0) is 6.42 Å². The van der Waals surface area contributed by atoms with Crippen molar-refractivity contribution in [2.45, 2.75) is 52.8 Å². The van der Waals surface area contributed by atoms with Gasteiger partial charge in [-0.25, -0.2) is 0 Å². The molecule has 1 rings (SSSR count). The number of halogens is 1. The highest BCUT2D eigenvalue weighted by Crippen LogP contribution is 2.23. The molecule has 120 valence electrons. The molecular weight excluding hydrogens is 278 g/mol. The van der Waals surface area contributed by atoms with Crippen molar-refractivity contribution in [2.24, 2.45) is 11.8 Å². The second kappa shape index (κ2) is 9.48. The van der Waals surface area contributed by atoms with Gasteiger partial charge in [0.05, 0.1) is 5.38 Å². The Morgan fingerprint density at radius 1 is 0.905 bits per heavy atom. The number of alkyl halides is 1. The Kier molecular flexibility index (Phi) is 8.36. The fraction of sp³-hybridized carbons (Fsp3) is 0.684. The van der Waals surface area contributed by atoms with Crippen molar-refractivity contribution in [1.82, 2.24) is 4.90 Å². The molecule has 0 aliphatic carbocycles. The summed E-state index contributed by atoms with van der Waals surface area (Å²) in [5.41, 5.74) is 2.65. The number of rotatable bonds is 9. The summed E-state index contributed by atoms with van der Waals surface area (Å²) in [6.07, 6.45) is 2.35. The maximum absolute atomic E-state index is 6.66. The quantitative estimate of drug-likeness (QED) is 0.542. The van der Waals surface area contributed by atoms with E-state index in [1.807, 2.05) is 0 Å². The average molecular weight is 310 g/mol. The van der Waals surface area contributed by atoms with Gasteiger partial charge in [-0.1, -0.05) is 65.3 Å². The molecule has 0 aliphatic heterocycles. The van der Waals surface area contributed by atoms with E-state index in [9.17, 15) is 0 Å². The first kappa shape index (κ1) is 18.5. The molecule has 1 aromatic rings. The minimum atomic E-state index is 0.0816. The van der Waals surface area contributed by atoms with Crippen LogP contribution < -0.4 is 0 Å². The maximum atomic E-state index is 6.66. The molecule has 0 fully saturated rings. The third kappa shape index (κ3) is 7.33. The molecule has 0 heterocycles. The molecule has 1 nitrogen and oxygen atoms in total. The van der Waals surface area contributed by atoms with Crippen LogP contribution in [0.4, 0.5) is 0 Å². The maximum Gasteiger partial charge on any atom is 0.0712 e. The Labute approximate surface area is 136 Å². The molecule has 21 heavy (non-hydrogen) atoms. The first-order valence-electron chi connectivity index (χ1n) is 8.37. The molecule has 0 aromatic heterocycles. The number of hydrogen-bond acceptors (Lipinski definition) is 1. The molecule has 1 unspecified atom stereocenters. The fourth-order valence-electron chi connectivity index (χ4n) is 2.77. The molecule has 0 bridgehead atoms. The van der Waals surface area contributed by atoms with Crippen molar-refractivity contribution in [3.63, 3.8) is 0 Å². The summed E-state index contributed by atoms with van der Waals surface area (Å²) in [6, 6.07) is 8.85. The predicted molar refractivity (Wildman–Crippen MR) is 95.1 cm³/mol. The van der Waals surface area contributed by atoms with E-state index in [2.05, 4.69) is 63.8 Å². The molecule has 0 saturated carbocycles. The lowest BCUT2D eigenvalue weighted by Gasteiger charge is -2.28. The van der Waals surface area contributed by atoms with E-state index >= 15 is 0 Å². The van der Waals surface area contributed by atoms with Crippen molar-refractivity contribution in [3.05, 3.63) is 35.4 Å². The van der Waals surface area contributed by atoms with Gasteiger partial charge in [0.15, 0.2) is 0 Å². The highest BCUT2D eigenvalue weighted by Gasteiger charge is 2.16. The van der Waals surface area contributed by atoms with Gasteiger partial charge in [-0.15, -0.1) is 11.6 Å². The van der Waals surface area contributed by atoms with Crippen molar-refractivity contribution in [3.8, 4) is 0 Å². The number of hydrogen-bond donors (Lipinski definition) is 0. The molecule has 0 saturated heterocycles. The zero-order valence-corrected chi connectivity index (χ0v) is 15.2. The number of nitrogens with zero attached hydrogens (tertiary/aromatic N) is 1. The molecule has 2 heteroatoms. The van der Waals surface area contributed by atoms with E-state index in [1.54, 1.807) is 0 Å². The first-order chi connectivity index (χ1) is 9.92. The van der Waals surface area contributed by atoms with Crippen LogP contribution in [0.15, 0.2) is 24.3 Å². The minimum absolute atomic E-state index is 0.0816. The summed E-state index contributed by atoms with van der Waals surface area (Å²) in [7, 11) is 0. The average Bonchev–Trinajstić information content (AvgIpc) is 2.38. The zero-order valence-electron chi connectivity index (χ0n) is 14.4. The van der Waals surface area contributed by atoms with Gasteiger partial charge in [0.25, 0.3) is 0 Å². The molecule has 1 atom stereocenters. The Morgan fingerprint density at radius 2 is 1.43 bits per heavy atom. The molecule has 1 aromatic carbocycles. The lowest BCUT2D eigenvalue weighted by Crippen LogP contribution is -2.34. The monoisotopic (exact) mass is 309 g/mol. The van der Waals surface area contributed by atoms with Gasteiger partial charge in [0, 0.05) is 19.6 Å². The SMILES string of the molecule is CCCc1ccc(C(Cl)CN(CC(C)C)CC(C)C)cc1. The number of benzene rings is 1. The Hall–Kier alpha value is -0.530. The summed E-state index contributed by atoms with van der Waals surface area (Å²) in [5, 5.41) is 0.0816. The van der Waals surface area contributed by atoms with E-state index in [-0.39, 0.29) is 5.38 Å². The summed E-state index contributed by atoms with van der Waals surface area (Å²) in [5.74, 6) is 1.36. The van der Waals surface area contributed by atoms with Gasteiger partial charge in [-0.3, -0.25) is 0 Å². The second-order valence-corrected chi connectivity index (χ2v) is 7.49. The van der Waals surface area contributed by atoms with E-state index in [0.29, 0.717) is 11.8 Å². The van der Waals surface area contributed by atoms with Crippen molar-refractivity contribution < 1.29 is 0 Å².